The number of amides is 3. The Labute approximate surface area is 189 Å². The first kappa shape index (κ1) is 22.3. The Hall–Kier alpha value is -2.95. The van der Waals surface area contributed by atoms with E-state index in [4.69, 9.17) is 5.14 Å². The Balaban J connectivity index is 1.34. The smallest absolute Gasteiger partial charge is 0.238 e. The van der Waals surface area contributed by atoms with Crippen molar-refractivity contribution in [1.29, 1.82) is 0 Å². The van der Waals surface area contributed by atoms with Crippen LogP contribution in [0.2, 0.25) is 0 Å². The van der Waals surface area contributed by atoms with Crippen molar-refractivity contribution < 1.29 is 22.8 Å². The number of anilines is 2. The zero-order chi connectivity index (χ0) is 22.9. The molecule has 1 aliphatic heterocycles. The van der Waals surface area contributed by atoms with Crippen molar-refractivity contribution in [1.82, 2.24) is 0 Å². The van der Waals surface area contributed by atoms with Crippen molar-refractivity contribution in [3.05, 3.63) is 60.7 Å². The molecule has 3 N–H and O–H groups in total. The van der Waals surface area contributed by atoms with Gasteiger partial charge in [0.1, 0.15) is 0 Å². The third-order valence-electron chi connectivity index (χ3n) is 5.44. The van der Waals surface area contributed by atoms with E-state index in [1.165, 1.54) is 40.9 Å². The van der Waals surface area contributed by atoms with E-state index in [-0.39, 0.29) is 40.2 Å². The van der Waals surface area contributed by atoms with Crippen LogP contribution < -0.4 is 15.4 Å². The van der Waals surface area contributed by atoms with Gasteiger partial charge in [0.2, 0.25) is 27.7 Å². The predicted molar refractivity (Wildman–Crippen MR) is 121 cm³/mol. The number of nitrogens with two attached hydrogens (primary N) is 1. The summed E-state index contributed by atoms with van der Waals surface area (Å²) in [6.45, 7) is 0. The molecular weight excluding hydrogens is 450 g/mol. The number of benzene rings is 2. The van der Waals surface area contributed by atoms with E-state index in [0.29, 0.717) is 24.2 Å². The van der Waals surface area contributed by atoms with E-state index in [9.17, 15) is 22.8 Å². The number of hydrogen-bond acceptors (Lipinski definition) is 6. The summed E-state index contributed by atoms with van der Waals surface area (Å²) in [6.07, 6.45) is 5.10. The highest BCUT2D eigenvalue weighted by Gasteiger charge is 2.47. The lowest BCUT2D eigenvalue weighted by Gasteiger charge is -2.15. The van der Waals surface area contributed by atoms with Gasteiger partial charge in [0.05, 0.1) is 28.2 Å². The number of nitrogens with one attached hydrogen (secondary N) is 1. The fourth-order valence-corrected chi connectivity index (χ4v) is 5.03. The first-order valence-corrected chi connectivity index (χ1v) is 12.5. The van der Waals surface area contributed by atoms with Gasteiger partial charge >= 0.3 is 0 Å². The Morgan fingerprint density at radius 1 is 0.969 bits per heavy atom. The maximum Gasteiger partial charge on any atom is 0.238 e. The van der Waals surface area contributed by atoms with E-state index >= 15 is 0 Å². The van der Waals surface area contributed by atoms with Crippen LogP contribution in [-0.2, 0) is 24.4 Å². The minimum absolute atomic E-state index is 0.0320. The fraction of sp³-hybridized carbons (Fsp3) is 0.227. The van der Waals surface area contributed by atoms with Gasteiger partial charge in [-0.2, -0.15) is 0 Å². The molecule has 2 aromatic carbocycles. The van der Waals surface area contributed by atoms with Gasteiger partial charge in [-0.1, -0.05) is 12.2 Å². The molecule has 1 fully saturated rings. The summed E-state index contributed by atoms with van der Waals surface area (Å²) in [7, 11) is -3.78. The number of fused-ring (bicyclic) bond motifs is 1. The number of rotatable bonds is 6. The molecule has 10 heteroatoms. The van der Waals surface area contributed by atoms with Crippen molar-refractivity contribution in [2.24, 2.45) is 17.0 Å². The number of sulfonamides is 1. The van der Waals surface area contributed by atoms with Crippen molar-refractivity contribution in [3.8, 4) is 0 Å². The van der Waals surface area contributed by atoms with Crippen LogP contribution >= 0.6 is 11.8 Å². The average Bonchev–Trinajstić information content (AvgIpc) is 3.03. The highest BCUT2D eigenvalue weighted by molar-refractivity contribution is 8.00. The third kappa shape index (κ3) is 4.62. The van der Waals surface area contributed by atoms with Crippen molar-refractivity contribution in [2.75, 3.05) is 16.0 Å². The molecule has 2 atom stereocenters. The number of nitrogens with zero attached hydrogens (tertiary/aromatic N) is 1. The van der Waals surface area contributed by atoms with Crippen LogP contribution in [0.3, 0.4) is 0 Å². The molecule has 2 aromatic rings. The van der Waals surface area contributed by atoms with Gasteiger partial charge in [0.25, 0.3) is 0 Å². The van der Waals surface area contributed by atoms with Crippen LogP contribution in [0.25, 0.3) is 0 Å². The number of thioether (sulfide) groups is 1. The Kier molecular flexibility index (Phi) is 6.18. The van der Waals surface area contributed by atoms with Gasteiger partial charge in [-0.25, -0.2) is 13.6 Å². The SMILES string of the molecule is NS(=O)(=O)c1ccc(NC(=O)CSc2ccc(N3C(=O)[C@H]4CC=CC[C@@H]4C3=O)cc2)cc1. The van der Waals surface area contributed by atoms with E-state index < -0.39 is 10.0 Å². The van der Waals surface area contributed by atoms with Crippen LogP contribution in [-0.4, -0.2) is 31.9 Å². The number of carbonyl (C=O) groups excluding carboxylic acids is 3. The normalized spacial score (nSPS) is 20.3. The molecule has 0 spiro atoms. The standard InChI is InChI=1S/C22H21N3O5S2/c23-32(29,30)17-11-5-14(6-12-17)24-20(26)13-31-16-9-7-15(8-10-16)25-21(27)18-3-1-2-4-19(18)22(25)28/h1-2,5-12,18-19H,3-4,13H2,(H,24,26)(H2,23,29,30)/t18-,19-/m0/s1. The molecule has 32 heavy (non-hydrogen) atoms. The number of primary sulfonamides is 1. The monoisotopic (exact) mass is 471 g/mol. The zero-order valence-corrected chi connectivity index (χ0v) is 18.6. The molecule has 3 amide bonds. The van der Waals surface area contributed by atoms with Crippen LogP contribution in [0, 0.1) is 11.8 Å². The summed E-state index contributed by atoms with van der Waals surface area (Å²) in [5, 5.41) is 7.74. The van der Waals surface area contributed by atoms with Crippen molar-refractivity contribution in [3.63, 3.8) is 0 Å². The number of allylic oxidation sites excluding steroid dienone is 2. The van der Waals surface area contributed by atoms with Gasteiger partial charge in [-0.3, -0.25) is 19.3 Å². The van der Waals surface area contributed by atoms with E-state index in [2.05, 4.69) is 5.32 Å². The summed E-state index contributed by atoms with van der Waals surface area (Å²) in [4.78, 5) is 39.6. The second kappa shape index (κ2) is 8.89. The van der Waals surface area contributed by atoms with Gasteiger partial charge < -0.3 is 5.32 Å². The third-order valence-corrected chi connectivity index (χ3v) is 7.38. The molecule has 166 valence electrons. The van der Waals surface area contributed by atoms with Gasteiger partial charge in [0.15, 0.2) is 0 Å². The molecule has 1 saturated heterocycles. The topological polar surface area (TPSA) is 127 Å². The minimum Gasteiger partial charge on any atom is -0.325 e. The quantitative estimate of drug-likeness (QED) is 0.379. The molecule has 0 unspecified atom stereocenters. The Morgan fingerprint density at radius 2 is 1.53 bits per heavy atom. The molecular formula is C22H21N3O5S2. The summed E-state index contributed by atoms with van der Waals surface area (Å²) >= 11 is 1.30. The Bertz CT molecular complexity index is 1170. The second-order valence-electron chi connectivity index (χ2n) is 7.57. The average molecular weight is 472 g/mol. The second-order valence-corrected chi connectivity index (χ2v) is 10.2. The first-order valence-electron chi connectivity index (χ1n) is 9.92. The van der Waals surface area contributed by atoms with Crippen molar-refractivity contribution >= 4 is 50.9 Å². The van der Waals surface area contributed by atoms with Crippen LogP contribution in [0.4, 0.5) is 11.4 Å². The number of hydrogen-bond donors (Lipinski definition) is 2. The largest absolute Gasteiger partial charge is 0.325 e. The lowest BCUT2D eigenvalue weighted by Crippen LogP contribution is -2.30. The molecule has 0 bridgehead atoms. The van der Waals surface area contributed by atoms with Crippen LogP contribution in [0.1, 0.15) is 12.8 Å². The summed E-state index contributed by atoms with van der Waals surface area (Å²) in [5.41, 5.74) is 0.999. The fourth-order valence-electron chi connectivity index (χ4n) is 3.82. The molecule has 0 saturated carbocycles. The molecule has 2 aliphatic rings. The summed E-state index contributed by atoms with van der Waals surface area (Å²) < 4.78 is 22.6. The minimum atomic E-state index is -3.78. The Morgan fingerprint density at radius 3 is 2.06 bits per heavy atom. The number of imide groups is 1. The summed E-state index contributed by atoms with van der Waals surface area (Å²) in [5.74, 6) is -0.985. The lowest BCUT2D eigenvalue weighted by molar-refractivity contribution is -0.122. The molecule has 1 heterocycles. The van der Waals surface area contributed by atoms with Gasteiger partial charge in [0, 0.05) is 10.6 Å². The van der Waals surface area contributed by atoms with E-state index in [1.807, 2.05) is 12.2 Å². The van der Waals surface area contributed by atoms with Crippen molar-refractivity contribution in [2.45, 2.75) is 22.6 Å². The highest BCUT2D eigenvalue weighted by atomic mass is 32.2. The first-order chi connectivity index (χ1) is 15.2. The molecule has 0 aromatic heterocycles. The molecule has 1 aliphatic carbocycles. The van der Waals surface area contributed by atoms with Gasteiger partial charge in [-0.15, -0.1) is 11.8 Å². The summed E-state index contributed by atoms with van der Waals surface area (Å²) in [6, 6.07) is 12.6. The predicted octanol–water partition coefficient (Wildman–Crippen LogP) is 2.52. The van der Waals surface area contributed by atoms with Crippen LogP contribution in [0.15, 0.2) is 70.5 Å². The highest BCUT2D eigenvalue weighted by Crippen LogP contribution is 2.38. The van der Waals surface area contributed by atoms with Gasteiger partial charge in [-0.05, 0) is 61.4 Å². The van der Waals surface area contributed by atoms with E-state index in [1.54, 1.807) is 24.3 Å². The maximum absolute atomic E-state index is 12.7. The maximum atomic E-state index is 12.7. The zero-order valence-electron chi connectivity index (χ0n) is 16.9. The molecule has 0 radical (unpaired) electrons. The molecule has 8 nitrogen and oxygen atoms in total. The van der Waals surface area contributed by atoms with Crippen LogP contribution in [0.5, 0.6) is 0 Å². The van der Waals surface area contributed by atoms with E-state index in [0.717, 1.165) is 4.90 Å². The lowest BCUT2D eigenvalue weighted by atomic mass is 9.85. The number of carbonyl (C=O) groups is 3. The molecule has 4 rings (SSSR count).